The van der Waals surface area contributed by atoms with Crippen molar-refractivity contribution in [3.05, 3.63) is 35.9 Å². The number of nitrogens with one attached hydrogen (secondary N) is 1. The van der Waals surface area contributed by atoms with Gasteiger partial charge in [-0.05, 0) is 44.7 Å². The number of hydrogen-bond acceptors (Lipinski definition) is 2. The van der Waals surface area contributed by atoms with Crippen LogP contribution in [0.2, 0.25) is 0 Å². The van der Waals surface area contributed by atoms with Gasteiger partial charge in [0.1, 0.15) is 0 Å². The minimum absolute atomic E-state index is 0.0581. The lowest BCUT2D eigenvalue weighted by molar-refractivity contribution is -0.125. The van der Waals surface area contributed by atoms with Crippen LogP contribution in [-0.2, 0) is 11.2 Å². The second-order valence-corrected chi connectivity index (χ2v) is 5.27. The van der Waals surface area contributed by atoms with Crippen LogP contribution >= 0.6 is 0 Å². The molecule has 1 rings (SSSR count). The van der Waals surface area contributed by atoms with Crippen molar-refractivity contribution in [1.29, 1.82) is 0 Å². The highest BCUT2D eigenvalue weighted by molar-refractivity contribution is 5.78. The lowest BCUT2D eigenvalue weighted by atomic mass is 10.0. The molecule has 3 nitrogen and oxygen atoms in total. The molecule has 106 valence electrons. The Morgan fingerprint density at radius 2 is 1.89 bits per heavy atom. The van der Waals surface area contributed by atoms with E-state index in [1.165, 1.54) is 5.56 Å². The van der Waals surface area contributed by atoms with Crippen LogP contribution < -0.4 is 11.1 Å². The largest absolute Gasteiger partial charge is 0.353 e. The first kappa shape index (κ1) is 15.7. The Balaban J connectivity index is 2.26. The van der Waals surface area contributed by atoms with Crippen LogP contribution in [0.1, 0.15) is 38.7 Å². The molecule has 0 radical (unpaired) electrons. The maximum atomic E-state index is 11.9. The van der Waals surface area contributed by atoms with E-state index >= 15 is 0 Å². The van der Waals surface area contributed by atoms with E-state index in [-0.39, 0.29) is 17.9 Å². The standard InChI is InChI=1S/C16H26N2O/c1-13(7-6-12-17)16(19)18-14(2)10-11-15-8-4-3-5-9-15/h3-5,8-9,13-14H,6-7,10-12,17H2,1-2H3,(H,18,19). The number of carbonyl (C=O) groups is 1. The third kappa shape index (κ3) is 6.39. The van der Waals surface area contributed by atoms with Crippen LogP contribution in [0.4, 0.5) is 0 Å². The minimum Gasteiger partial charge on any atom is -0.353 e. The van der Waals surface area contributed by atoms with Crippen molar-refractivity contribution >= 4 is 5.91 Å². The quantitative estimate of drug-likeness (QED) is 0.756. The highest BCUT2D eigenvalue weighted by atomic mass is 16.1. The number of rotatable bonds is 8. The van der Waals surface area contributed by atoms with Gasteiger partial charge in [-0.3, -0.25) is 4.79 Å². The van der Waals surface area contributed by atoms with Crippen molar-refractivity contribution in [2.45, 2.75) is 45.6 Å². The molecular formula is C16H26N2O. The van der Waals surface area contributed by atoms with Gasteiger partial charge < -0.3 is 11.1 Å². The molecule has 0 heterocycles. The van der Waals surface area contributed by atoms with Gasteiger partial charge >= 0.3 is 0 Å². The van der Waals surface area contributed by atoms with Gasteiger partial charge in [-0.1, -0.05) is 37.3 Å². The van der Waals surface area contributed by atoms with E-state index in [1.54, 1.807) is 0 Å². The zero-order valence-corrected chi connectivity index (χ0v) is 12.1. The monoisotopic (exact) mass is 262 g/mol. The fraction of sp³-hybridized carbons (Fsp3) is 0.562. The van der Waals surface area contributed by atoms with Crippen LogP contribution in [0.5, 0.6) is 0 Å². The van der Waals surface area contributed by atoms with Crippen molar-refractivity contribution in [2.24, 2.45) is 11.7 Å². The highest BCUT2D eigenvalue weighted by Crippen LogP contribution is 2.08. The molecule has 0 fully saturated rings. The molecule has 1 aromatic carbocycles. The Kier molecular flexibility index (Phi) is 7.19. The molecule has 0 saturated carbocycles. The topological polar surface area (TPSA) is 55.1 Å². The second-order valence-electron chi connectivity index (χ2n) is 5.27. The fourth-order valence-electron chi connectivity index (χ4n) is 2.04. The molecule has 0 bridgehead atoms. The fourth-order valence-corrected chi connectivity index (χ4v) is 2.04. The van der Waals surface area contributed by atoms with Gasteiger partial charge in [-0.15, -0.1) is 0 Å². The predicted molar refractivity (Wildman–Crippen MR) is 79.8 cm³/mol. The van der Waals surface area contributed by atoms with E-state index in [4.69, 9.17) is 5.73 Å². The predicted octanol–water partition coefficient (Wildman–Crippen LogP) is 2.50. The highest BCUT2D eigenvalue weighted by Gasteiger charge is 2.14. The molecule has 2 atom stereocenters. The maximum absolute atomic E-state index is 11.9. The summed E-state index contributed by atoms with van der Waals surface area (Å²) >= 11 is 0. The van der Waals surface area contributed by atoms with E-state index < -0.39 is 0 Å². The summed E-state index contributed by atoms with van der Waals surface area (Å²) in [6, 6.07) is 10.6. The molecule has 0 aliphatic rings. The maximum Gasteiger partial charge on any atom is 0.223 e. The molecule has 0 aliphatic heterocycles. The van der Waals surface area contributed by atoms with E-state index in [9.17, 15) is 4.79 Å². The SMILES string of the molecule is CC(CCc1ccccc1)NC(=O)C(C)CCCN. The first-order valence-electron chi connectivity index (χ1n) is 7.18. The third-order valence-electron chi connectivity index (χ3n) is 3.39. The number of benzene rings is 1. The lowest BCUT2D eigenvalue weighted by Crippen LogP contribution is -2.36. The molecule has 0 aliphatic carbocycles. The molecule has 0 aromatic heterocycles. The molecule has 2 unspecified atom stereocenters. The van der Waals surface area contributed by atoms with Crippen LogP contribution in [-0.4, -0.2) is 18.5 Å². The molecule has 1 amide bonds. The van der Waals surface area contributed by atoms with Crippen molar-refractivity contribution in [3.63, 3.8) is 0 Å². The summed E-state index contributed by atoms with van der Waals surface area (Å²) in [6.45, 7) is 4.69. The first-order valence-corrected chi connectivity index (χ1v) is 7.18. The average Bonchev–Trinajstić information content (AvgIpc) is 2.43. The van der Waals surface area contributed by atoms with E-state index in [0.717, 1.165) is 25.7 Å². The third-order valence-corrected chi connectivity index (χ3v) is 3.39. The zero-order valence-electron chi connectivity index (χ0n) is 12.1. The zero-order chi connectivity index (χ0) is 14.1. The van der Waals surface area contributed by atoms with Crippen LogP contribution in [0.25, 0.3) is 0 Å². The minimum atomic E-state index is 0.0581. The normalized spacial score (nSPS) is 13.8. The summed E-state index contributed by atoms with van der Waals surface area (Å²) in [5, 5.41) is 3.08. The Morgan fingerprint density at radius 1 is 1.21 bits per heavy atom. The first-order chi connectivity index (χ1) is 9.13. The molecule has 19 heavy (non-hydrogen) atoms. The second kappa shape index (κ2) is 8.70. The number of hydrogen-bond donors (Lipinski definition) is 2. The summed E-state index contributed by atoms with van der Waals surface area (Å²) in [5.74, 6) is 0.205. The summed E-state index contributed by atoms with van der Waals surface area (Å²) in [6.07, 6.45) is 3.75. The Labute approximate surface area is 116 Å². The Morgan fingerprint density at radius 3 is 2.53 bits per heavy atom. The van der Waals surface area contributed by atoms with Crippen molar-refractivity contribution < 1.29 is 4.79 Å². The van der Waals surface area contributed by atoms with Crippen LogP contribution in [0.15, 0.2) is 30.3 Å². The number of aryl methyl sites for hydroxylation is 1. The van der Waals surface area contributed by atoms with Gasteiger partial charge in [0.15, 0.2) is 0 Å². The van der Waals surface area contributed by atoms with E-state index in [1.807, 2.05) is 25.1 Å². The van der Waals surface area contributed by atoms with Crippen molar-refractivity contribution in [1.82, 2.24) is 5.32 Å². The smallest absolute Gasteiger partial charge is 0.223 e. The van der Waals surface area contributed by atoms with Crippen LogP contribution in [0.3, 0.4) is 0 Å². The number of amides is 1. The molecule has 1 aromatic rings. The molecule has 0 spiro atoms. The molecule has 0 saturated heterocycles. The Hall–Kier alpha value is -1.35. The lowest BCUT2D eigenvalue weighted by Gasteiger charge is -2.17. The molecule has 3 heteroatoms. The van der Waals surface area contributed by atoms with Gasteiger partial charge in [0, 0.05) is 12.0 Å². The summed E-state index contributed by atoms with van der Waals surface area (Å²) in [4.78, 5) is 11.9. The van der Waals surface area contributed by atoms with Crippen molar-refractivity contribution in [3.8, 4) is 0 Å². The van der Waals surface area contributed by atoms with Gasteiger partial charge in [0.25, 0.3) is 0 Å². The van der Waals surface area contributed by atoms with E-state index in [2.05, 4.69) is 24.4 Å². The van der Waals surface area contributed by atoms with Crippen LogP contribution in [0, 0.1) is 5.92 Å². The van der Waals surface area contributed by atoms with Gasteiger partial charge in [0.05, 0.1) is 0 Å². The average molecular weight is 262 g/mol. The van der Waals surface area contributed by atoms with Gasteiger partial charge in [-0.2, -0.15) is 0 Å². The molecule has 3 N–H and O–H groups in total. The summed E-state index contributed by atoms with van der Waals surface area (Å²) in [5.41, 5.74) is 6.78. The van der Waals surface area contributed by atoms with Gasteiger partial charge in [0.2, 0.25) is 5.91 Å². The molecular weight excluding hydrogens is 236 g/mol. The van der Waals surface area contributed by atoms with Gasteiger partial charge in [-0.25, -0.2) is 0 Å². The van der Waals surface area contributed by atoms with Crippen molar-refractivity contribution in [2.75, 3.05) is 6.54 Å². The number of carbonyl (C=O) groups excluding carboxylic acids is 1. The Bertz CT molecular complexity index is 364. The van der Waals surface area contributed by atoms with E-state index in [0.29, 0.717) is 6.54 Å². The summed E-state index contributed by atoms with van der Waals surface area (Å²) < 4.78 is 0. The number of nitrogens with two attached hydrogens (primary N) is 1. The summed E-state index contributed by atoms with van der Waals surface area (Å²) in [7, 11) is 0.